The third-order valence-electron chi connectivity index (χ3n) is 5.17. The van der Waals surface area contributed by atoms with Gasteiger partial charge in [0.05, 0.1) is 23.4 Å². The molecule has 6 heteroatoms. The molecule has 0 bridgehead atoms. The second-order valence-electron chi connectivity index (χ2n) is 6.78. The number of halogens is 2. The molecule has 1 aliphatic heterocycles. The van der Waals surface area contributed by atoms with E-state index in [1.165, 1.54) is 11.1 Å². The fraction of sp³-hybridized carbons (Fsp3) is 0.238. The lowest BCUT2D eigenvalue weighted by molar-refractivity contribution is -0.117. The maximum atomic E-state index is 10.9. The zero-order valence-corrected chi connectivity index (χ0v) is 16.4. The van der Waals surface area contributed by atoms with Gasteiger partial charge < -0.3 is 9.47 Å². The topological polar surface area (TPSA) is 38.1 Å². The molecular weight excluding hydrogens is 381 g/mol. The van der Waals surface area contributed by atoms with Crippen molar-refractivity contribution < 1.29 is 4.79 Å². The van der Waals surface area contributed by atoms with Gasteiger partial charge in [0.15, 0.2) is 0 Å². The van der Waals surface area contributed by atoms with Crippen molar-refractivity contribution in [2.24, 2.45) is 0 Å². The van der Waals surface area contributed by atoms with E-state index in [4.69, 9.17) is 23.2 Å². The number of carbonyl (C=O) groups excluding carboxylic acids is 1. The number of hydrogen-bond acceptors (Lipinski definition) is 2. The predicted molar refractivity (Wildman–Crippen MR) is 110 cm³/mol. The average molecular weight is 400 g/mol. The number of amides is 1. The molecule has 1 atom stereocenters. The summed E-state index contributed by atoms with van der Waals surface area (Å²) in [5.74, 6) is 0. The number of hydrogen-bond donors (Lipinski definition) is 0. The molecule has 0 fully saturated rings. The van der Waals surface area contributed by atoms with E-state index in [9.17, 15) is 4.79 Å². The van der Waals surface area contributed by atoms with Crippen LogP contribution in [0.5, 0.6) is 0 Å². The molecule has 0 spiro atoms. The van der Waals surface area contributed by atoms with E-state index < -0.39 is 0 Å². The highest BCUT2D eigenvalue weighted by atomic mass is 35.5. The summed E-state index contributed by atoms with van der Waals surface area (Å²) in [7, 11) is 0. The average Bonchev–Trinajstić information content (AvgIpc) is 3.11. The highest BCUT2D eigenvalue weighted by Crippen LogP contribution is 2.32. The van der Waals surface area contributed by atoms with Crippen molar-refractivity contribution in [2.45, 2.75) is 19.4 Å². The molecule has 1 aromatic heterocycles. The van der Waals surface area contributed by atoms with Crippen molar-refractivity contribution in [2.75, 3.05) is 13.1 Å². The summed E-state index contributed by atoms with van der Waals surface area (Å²) in [6, 6.07) is 11.9. The zero-order valence-electron chi connectivity index (χ0n) is 14.9. The molecule has 2 heterocycles. The van der Waals surface area contributed by atoms with Crippen molar-refractivity contribution >= 4 is 46.2 Å². The molecule has 4 nitrogen and oxygen atoms in total. The van der Waals surface area contributed by atoms with E-state index >= 15 is 0 Å². The normalized spacial score (nSPS) is 15.7. The molecule has 1 unspecified atom stereocenters. The Balaban J connectivity index is 1.72. The lowest BCUT2D eigenvalue weighted by atomic mass is 9.99. The second-order valence-corrected chi connectivity index (χ2v) is 7.62. The quantitative estimate of drug-likeness (QED) is 0.565. The van der Waals surface area contributed by atoms with Crippen LogP contribution in [-0.2, 0) is 4.79 Å². The fourth-order valence-electron chi connectivity index (χ4n) is 3.57. The van der Waals surface area contributed by atoms with E-state index in [1.54, 1.807) is 11.0 Å². The van der Waals surface area contributed by atoms with Crippen LogP contribution in [0.2, 0.25) is 10.0 Å². The van der Waals surface area contributed by atoms with Crippen molar-refractivity contribution in [3.8, 4) is 0 Å². The minimum atomic E-state index is 0.0286. The number of nitrogens with zero attached hydrogens (tertiary/aromatic N) is 3. The Kier molecular flexibility index (Phi) is 4.94. The predicted octanol–water partition coefficient (Wildman–Crippen LogP) is 5.20. The van der Waals surface area contributed by atoms with Gasteiger partial charge in [-0.15, -0.1) is 0 Å². The number of imidazole rings is 1. The Morgan fingerprint density at radius 2 is 2.04 bits per heavy atom. The van der Waals surface area contributed by atoms with Crippen LogP contribution in [0.3, 0.4) is 0 Å². The zero-order chi connectivity index (χ0) is 19.0. The molecular formula is C21H19Cl2N3O. The number of rotatable bonds is 4. The Morgan fingerprint density at radius 3 is 2.74 bits per heavy atom. The van der Waals surface area contributed by atoms with Crippen LogP contribution in [0.1, 0.15) is 30.5 Å². The Labute approximate surface area is 168 Å². The molecule has 0 N–H and O–H groups in total. The molecule has 3 aromatic rings. The SMILES string of the molecule is CC(c1ccc(Cl)cc1Cl)n1cnc2ccc(C3=CCN(C=O)CC3)cc21. The maximum Gasteiger partial charge on any atom is 0.209 e. The summed E-state index contributed by atoms with van der Waals surface area (Å²) in [6.07, 6.45) is 5.74. The third-order valence-corrected chi connectivity index (χ3v) is 5.73. The summed E-state index contributed by atoms with van der Waals surface area (Å²) < 4.78 is 2.13. The molecule has 1 aliphatic rings. The van der Waals surface area contributed by atoms with E-state index in [0.717, 1.165) is 36.0 Å². The van der Waals surface area contributed by atoms with Gasteiger partial charge in [-0.05, 0) is 54.3 Å². The fourth-order valence-corrected chi connectivity index (χ4v) is 4.13. The van der Waals surface area contributed by atoms with Crippen LogP contribution in [0.25, 0.3) is 16.6 Å². The number of benzene rings is 2. The van der Waals surface area contributed by atoms with Gasteiger partial charge in [-0.1, -0.05) is 41.4 Å². The van der Waals surface area contributed by atoms with E-state index in [0.29, 0.717) is 16.6 Å². The Morgan fingerprint density at radius 1 is 1.19 bits per heavy atom. The first-order valence-corrected chi connectivity index (χ1v) is 9.62. The third kappa shape index (κ3) is 3.47. The molecule has 0 saturated carbocycles. The maximum absolute atomic E-state index is 10.9. The lowest BCUT2D eigenvalue weighted by Gasteiger charge is -2.23. The molecule has 0 saturated heterocycles. The van der Waals surface area contributed by atoms with Gasteiger partial charge in [0.1, 0.15) is 0 Å². The summed E-state index contributed by atoms with van der Waals surface area (Å²) in [4.78, 5) is 17.2. The van der Waals surface area contributed by atoms with E-state index in [1.807, 2.05) is 24.5 Å². The van der Waals surface area contributed by atoms with Crippen molar-refractivity contribution in [1.29, 1.82) is 0 Å². The summed E-state index contributed by atoms with van der Waals surface area (Å²) >= 11 is 12.4. The first-order chi connectivity index (χ1) is 13.1. The minimum Gasteiger partial charge on any atom is -0.341 e. The van der Waals surface area contributed by atoms with Gasteiger partial charge >= 0.3 is 0 Å². The lowest BCUT2D eigenvalue weighted by Crippen LogP contribution is -2.26. The van der Waals surface area contributed by atoms with E-state index in [-0.39, 0.29) is 6.04 Å². The second kappa shape index (κ2) is 7.37. The largest absolute Gasteiger partial charge is 0.341 e. The van der Waals surface area contributed by atoms with Gasteiger partial charge in [0, 0.05) is 23.1 Å². The summed E-state index contributed by atoms with van der Waals surface area (Å²) in [5, 5.41) is 1.28. The van der Waals surface area contributed by atoms with Gasteiger partial charge in [0.2, 0.25) is 6.41 Å². The number of fused-ring (bicyclic) bond motifs is 1. The minimum absolute atomic E-state index is 0.0286. The first-order valence-electron chi connectivity index (χ1n) is 8.87. The molecule has 138 valence electrons. The van der Waals surface area contributed by atoms with Crippen LogP contribution in [0.4, 0.5) is 0 Å². The van der Waals surface area contributed by atoms with Crippen LogP contribution in [-0.4, -0.2) is 34.0 Å². The Bertz CT molecular complexity index is 1040. The summed E-state index contributed by atoms with van der Waals surface area (Å²) in [5.41, 5.74) is 5.44. The van der Waals surface area contributed by atoms with Crippen molar-refractivity contribution in [3.05, 3.63) is 70.0 Å². The smallest absolute Gasteiger partial charge is 0.209 e. The standard InChI is InChI=1S/C21H19Cl2N3O/c1-14(18-4-3-17(22)11-19(18)23)26-12-24-20-5-2-16(10-21(20)26)15-6-8-25(13-27)9-7-15/h2-6,10-14H,7-9H2,1H3. The monoisotopic (exact) mass is 399 g/mol. The highest BCUT2D eigenvalue weighted by molar-refractivity contribution is 6.35. The molecule has 0 aliphatic carbocycles. The first kappa shape index (κ1) is 18.1. The van der Waals surface area contributed by atoms with Gasteiger partial charge in [-0.2, -0.15) is 0 Å². The van der Waals surface area contributed by atoms with Crippen LogP contribution in [0, 0.1) is 0 Å². The van der Waals surface area contributed by atoms with Gasteiger partial charge in [0.25, 0.3) is 0 Å². The van der Waals surface area contributed by atoms with Crippen LogP contribution >= 0.6 is 23.2 Å². The van der Waals surface area contributed by atoms with Gasteiger partial charge in [-0.3, -0.25) is 4.79 Å². The summed E-state index contributed by atoms with van der Waals surface area (Å²) in [6.45, 7) is 3.51. The molecule has 2 aromatic carbocycles. The van der Waals surface area contributed by atoms with E-state index in [2.05, 4.69) is 34.7 Å². The van der Waals surface area contributed by atoms with Crippen LogP contribution in [0.15, 0.2) is 48.8 Å². The van der Waals surface area contributed by atoms with Crippen molar-refractivity contribution in [3.63, 3.8) is 0 Å². The molecule has 4 rings (SSSR count). The molecule has 27 heavy (non-hydrogen) atoms. The highest BCUT2D eigenvalue weighted by Gasteiger charge is 2.17. The number of carbonyl (C=O) groups is 1. The van der Waals surface area contributed by atoms with Crippen molar-refractivity contribution in [1.82, 2.24) is 14.5 Å². The number of aromatic nitrogens is 2. The Hall–Kier alpha value is -2.30. The molecule has 1 amide bonds. The molecule has 0 radical (unpaired) electrons. The van der Waals surface area contributed by atoms with Crippen LogP contribution < -0.4 is 0 Å². The van der Waals surface area contributed by atoms with Gasteiger partial charge in [-0.25, -0.2) is 4.98 Å².